The number of hydrogen-bond acceptors (Lipinski definition) is 4. The number of hydrogen-bond donors (Lipinski definition) is 1. The van der Waals surface area contributed by atoms with E-state index in [0.29, 0.717) is 0 Å². The highest BCUT2D eigenvalue weighted by molar-refractivity contribution is 5.22. The fourth-order valence-corrected chi connectivity index (χ4v) is 1.64. The SMILES string of the molecule is CCNC(c1cncnc1)c1ccn(C)n1. The maximum absolute atomic E-state index is 4.40. The van der Waals surface area contributed by atoms with E-state index in [1.54, 1.807) is 4.68 Å². The minimum atomic E-state index is 0.0624. The average molecular weight is 217 g/mol. The Labute approximate surface area is 94.5 Å². The first-order valence-electron chi connectivity index (χ1n) is 5.29. The Morgan fingerprint density at radius 2 is 2.12 bits per heavy atom. The quantitative estimate of drug-likeness (QED) is 0.827. The van der Waals surface area contributed by atoms with Crippen LogP contribution in [0, 0.1) is 0 Å². The van der Waals surface area contributed by atoms with E-state index in [1.807, 2.05) is 31.7 Å². The predicted molar refractivity (Wildman–Crippen MR) is 60.8 cm³/mol. The molecule has 0 bridgehead atoms. The van der Waals surface area contributed by atoms with Crippen molar-refractivity contribution in [2.45, 2.75) is 13.0 Å². The van der Waals surface area contributed by atoms with E-state index in [9.17, 15) is 0 Å². The van der Waals surface area contributed by atoms with Crippen LogP contribution in [0.2, 0.25) is 0 Å². The molecule has 1 unspecified atom stereocenters. The van der Waals surface area contributed by atoms with Gasteiger partial charge in [-0.2, -0.15) is 5.10 Å². The molecule has 0 radical (unpaired) electrons. The summed E-state index contributed by atoms with van der Waals surface area (Å²) in [6.07, 6.45) is 7.10. The average Bonchev–Trinajstić information content (AvgIpc) is 2.74. The molecule has 5 heteroatoms. The van der Waals surface area contributed by atoms with E-state index in [4.69, 9.17) is 0 Å². The van der Waals surface area contributed by atoms with Crippen LogP contribution in [0.25, 0.3) is 0 Å². The summed E-state index contributed by atoms with van der Waals surface area (Å²) >= 11 is 0. The van der Waals surface area contributed by atoms with Crippen molar-refractivity contribution < 1.29 is 0 Å². The van der Waals surface area contributed by atoms with Crippen molar-refractivity contribution in [2.75, 3.05) is 6.54 Å². The maximum atomic E-state index is 4.40. The zero-order chi connectivity index (χ0) is 11.4. The van der Waals surface area contributed by atoms with Gasteiger partial charge in [-0.05, 0) is 12.6 Å². The molecule has 0 fully saturated rings. The van der Waals surface area contributed by atoms with E-state index in [1.165, 1.54) is 6.33 Å². The zero-order valence-corrected chi connectivity index (χ0v) is 9.46. The van der Waals surface area contributed by atoms with Gasteiger partial charge in [0, 0.05) is 31.2 Å². The summed E-state index contributed by atoms with van der Waals surface area (Å²) in [5, 5.41) is 7.78. The highest BCUT2D eigenvalue weighted by Crippen LogP contribution is 2.18. The highest BCUT2D eigenvalue weighted by Gasteiger charge is 2.15. The van der Waals surface area contributed by atoms with E-state index >= 15 is 0 Å². The normalized spacial score (nSPS) is 12.6. The van der Waals surface area contributed by atoms with Gasteiger partial charge in [-0.1, -0.05) is 6.92 Å². The van der Waals surface area contributed by atoms with E-state index < -0.39 is 0 Å². The fourth-order valence-electron chi connectivity index (χ4n) is 1.64. The second-order valence-electron chi connectivity index (χ2n) is 3.58. The van der Waals surface area contributed by atoms with Crippen molar-refractivity contribution >= 4 is 0 Å². The van der Waals surface area contributed by atoms with Crippen molar-refractivity contribution in [3.8, 4) is 0 Å². The van der Waals surface area contributed by atoms with Gasteiger partial charge in [-0.15, -0.1) is 0 Å². The molecule has 2 rings (SSSR count). The van der Waals surface area contributed by atoms with Gasteiger partial charge in [0.05, 0.1) is 11.7 Å². The van der Waals surface area contributed by atoms with Crippen molar-refractivity contribution in [1.82, 2.24) is 25.1 Å². The molecule has 0 aliphatic rings. The minimum absolute atomic E-state index is 0.0624. The van der Waals surface area contributed by atoms with Crippen LogP contribution in [0.1, 0.15) is 24.2 Å². The van der Waals surface area contributed by atoms with E-state index in [-0.39, 0.29) is 6.04 Å². The number of nitrogens with one attached hydrogen (secondary N) is 1. The third-order valence-electron chi connectivity index (χ3n) is 2.35. The first kappa shape index (κ1) is 10.8. The van der Waals surface area contributed by atoms with Crippen LogP contribution in [-0.2, 0) is 7.05 Å². The lowest BCUT2D eigenvalue weighted by Crippen LogP contribution is -2.22. The Balaban J connectivity index is 2.31. The van der Waals surface area contributed by atoms with Crippen molar-refractivity contribution in [1.29, 1.82) is 0 Å². The molecule has 1 atom stereocenters. The molecule has 0 saturated heterocycles. The second kappa shape index (κ2) is 4.85. The smallest absolute Gasteiger partial charge is 0.115 e. The molecular formula is C11H15N5. The van der Waals surface area contributed by atoms with Crippen LogP contribution in [0.5, 0.6) is 0 Å². The summed E-state index contributed by atoms with van der Waals surface area (Å²) in [5.41, 5.74) is 2.02. The molecule has 2 aromatic rings. The third kappa shape index (κ3) is 2.25. The molecular weight excluding hydrogens is 202 g/mol. The number of rotatable bonds is 4. The van der Waals surface area contributed by atoms with E-state index in [0.717, 1.165) is 17.8 Å². The van der Waals surface area contributed by atoms with Crippen LogP contribution in [0.3, 0.4) is 0 Å². The van der Waals surface area contributed by atoms with E-state index in [2.05, 4.69) is 27.3 Å². The summed E-state index contributed by atoms with van der Waals surface area (Å²) in [5.74, 6) is 0. The van der Waals surface area contributed by atoms with Crippen LogP contribution in [0.15, 0.2) is 31.0 Å². The van der Waals surface area contributed by atoms with Crippen LogP contribution in [0.4, 0.5) is 0 Å². The van der Waals surface area contributed by atoms with Crippen LogP contribution < -0.4 is 5.32 Å². The molecule has 0 spiro atoms. The highest BCUT2D eigenvalue weighted by atomic mass is 15.3. The van der Waals surface area contributed by atoms with Crippen LogP contribution in [-0.4, -0.2) is 26.3 Å². The molecule has 0 aliphatic heterocycles. The molecule has 2 aromatic heterocycles. The molecule has 84 valence electrons. The maximum Gasteiger partial charge on any atom is 0.115 e. The van der Waals surface area contributed by atoms with Gasteiger partial charge in [0.15, 0.2) is 0 Å². The molecule has 0 aliphatic carbocycles. The zero-order valence-electron chi connectivity index (χ0n) is 9.46. The van der Waals surface area contributed by atoms with Gasteiger partial charge in [0.1, 0.15) is 6.33 Å². The summed E-state index contributed by atoms with van der Waals surface area (Å²) in [4.78, 5) is 8.07. The van der Waals surface area contributed by atoms with Crippen molar-refractivity contribution in [2.24, 2.45) is 7.05 Å². The van der Waals surface area contributed by atoms with Gasteiger partial charge >= 0.3 is 0 Å². The van der Waals surface area contributed by atoms with Crippen molar-refractivity contribution in [3.05, 3.63) is 42.2 Å². The molecule has 0 saturated carbocycles. The lowest BCUT2D eigenvalue weighted by Gasteiger charge is -2.14. The van der Waals surface area contributed by atoms with Gasteiger partial charge in [0.2, 0.25) is 0 Å². The van der Waals surface area contributed by atoms with Gasteiger partial charge in [-0.3, -0.25) is 4.68 Å². The molecule has 16 heavy (non-hydrogen) atoms. The third-order valence-corrected chi connectivity index (χ3v) is 2.35. The molecule has 1 N–H and O–H groups in total. The largest absolute Gasteiger partial charge is 0.305 e. The standard InChI is InChI=1S/C11H15N5/c1-3-14-11(9-6-12-8-13-7-9)10-4-5-16(2)15-10/h4-8,11,14H,3H2,1-2H3. The van der Waals surface area contributed by atoms with Gasteiger partial charge < -0.3 is 5.32 Å². The summed E-state index contributed by atoms with van der Waals surface area (Å²) in [6.45, 7) is 2.94. The minimum Gasteiger partial charge on any atom is -0.305 e. The van der Waals surface area contributed by atoms with Gasteiger partial charge in [0.25, 0.3) is 0 Å². The Bertz CT molecular complexity index is 437. The number of aromatic nitrogens is 4. The number of aryl methyl sites for hydroxylation is 1. The predicted octanol–water partition coefficient (Wildman–Crippen LogP) is 0.909. The Hall–Kier alpha value is -1.75. The first-order valence-corrected chi connectivity index (χ1v) is 5.29. The van der Waals surface area contributed by atoms with Gasteiger partial charge in [-0.25, -0.2) is 9.97 Å². The number of nitrogens with zero attached hydrogens (tertiary/aromatic N) is 4. The lowest BCUT2D eigenvalue weighted by molar-refractivity contribution is 0.596. The monoisotopic (exact) mass is 217 g/mol. The Morgan fingerprint density at radius 1 is 1.38 bits per heavy atom. The Kier molecular flexibility index (Phi) is 3.26. The molecule has 2 heterocycles. The molecule has 5 nitrogen and oxygen atoms in total. The molecule has 0 amide bonds. The lowest BCUT2D eigenvalue weighted by atomic mass is 10.1. The summed E-state index contributed by atoms with van der Waals surface area (Å²) < 4.78 is 1.80. The summed E-state index contributed by atoms with van der Waals surface area (Å²) in [7, 11) is 1.91. The molecule has 0 aromatic carbocycles. The second-order valence-corrected chi connectivity index (χ2v) is 3.58. The van der Waals surface area contributed by atoms with Crippen molar-refractivity contribution in [3.63, 3.8) is 0 Å². The summed E-state index contributed by atoms with van der Waals surface area (Å²) in [6, 6.07) is 2.06. The topological polar surface area (TPSA) is 55.6 Å². The Morgan fingerprint density at radius 3 is 2.69 bits per heavy atom. The fraction of sp³-hybridized carbons (Fsp3) is 0.364. The van der Waals surface area contributed by atoms with Crippen LogP contribution >= 0.6 is 0 Å². The first-order chi connectivity index (χ1) is 7.81.